The molecular formula is C24H25F3N4O3. The van der Waals surface area contributed by atoms with Gasteiger partial charge in [0.25, 0.3) is 5.89 Å². The number of urea groups is 1. The minimum Gasteiger partial charge on any atom is -0.378 e. The molecule has 10 heteroatoms. The van der Waals surface area contributed by atoms with Gasteiger partial charge in [-0.1, -0.05) is 35.5 Å². The summed E-state index contributed by atoms with van der Waals surface area (Å²) in [5.41, 5.74) is 1.00. The van der Waals surface area contributed by atoms with E-state index in [1.165, 1.54) is 12.1 Å². The number of carbonyl (C=O) groups is 1. The Bertz CT molecular complexity index is 1090. The number of piperidine rings is 1. The van der Waals surface area contributed by atoms with Gasteiger partial charge < -0.3 is 19.1 Å². The second kappa shape index (κ2) is 9.25. The lowest BCUT2D eigenvalue weighted by Gasteiger charge is -2.40. The Morgan fingerprint density at radius 3 is 2.44 bits per heavy atom. The maximum Gasteiger partial charge on any atom is 0.416 e. The van der Waals surface area contributed by atoms with Gasteiger partial charge in [0.15, 0.2) is 5.82 Å². The summed E-state index contributed by atoms with van der Waals surface area (Å²) in [6.45, 7) is 2.84. The first kappa shape index (κ1) is 22.6. The summed E-state index contributed by atoms with van der Waals surface area (Å²) in [5.74, 6) is 0.626. The number of halogens is 3. The van der Waals surface area contributed by atoms with Crippen molar-refractivity contribution in [3.63, 3.8) is 0 Å². The van der Waals surface area contributed by atoms with Crippen molar-refractivity contribution in [2.45, 2.75) is 30.9 Å². The number of aromatic nitrogens is 2. The van der Waals surface area contributed by atoms with Gasteiger partial charge in [0.05, 0.1) is 18.8 Å². The van der Waals surface area contributed by atoms with E-state index in [1.807, 2.05) is 18.2 Å². The Morgan fingerprint density at radius 1 is 1.03 bits per heavy atom. The van der Waals surface area contributed by atoms with Gasteiger partial charge in [-0.3, -0.25) is 0 Å². The molecule has 34 heavy (non-hydrogen) atoms. The van der Waals surface area contributed by atoms with Crippen LogP contribution in [0.25, 0.3) is 5.57 Å². The lowest BCUT2D eigenvalue weighted by Crippen LogP contribution is -2.52. The van der Waals surface area contributed by atoms with Crippen LogP contribution in [0.5, 0.6) is 0 Å². The van der Waals surface area contributed by atoms with Gasteiger partial charge >= 0.3 is 12.2 Å². The molecule has 0 N–H and O–H groups in total. The van der Waals surface area contributed by atoms with Crippen LogP contribution in [0.4, 0.5) is 18.0 Å². The third-order valence-corrected chi connectivity index (χ3v) is 6.56. The maximum atomic E-state index is 13.3. The highest BCUT2D eigenvalue weighted by atomic mass is 19.4. The lowest BCUT2D eigenvalue weighted by atomic mass is 9.84. The molecule has 180 valence electrons. The Morgan fingerprint density at radius 2 is 1.76 bits per heavy atom. The Kier molecular flexibility index (Phi) is 6.16. The number of rotatable bonds is 3. The van der Waals surface area contributed by atoms with E-state index in [-0.39, 0.29) is 17.9 Å². The number of ether oxygens (including phenoxy) is 1. The Hall–Kier alpha value is -3.14. The first-order valence-electron chi connectivity index (χ1n) is 11.4. The largest absolute Gasteiger partial charge is 0.416 e. The molecule has 0 radical (unpaired) electrons. The zero-order valence-corrected chi connectivity index (χ0v) is 18.5. The number of hydrogen-bond acceptors (Lipinski definition) is 5. The zero-order chi connectivity index (χ0) is 23.7. The topological polar surface area (TPSA) is 71.7 Å². The molecule has 1 aromatic carbocycles. The number of allylic oxidation sites excluding steroid dienone is 4. The minimum atomic E-state index is -4.39. The van der Waals surface area contributed by atoms with Gasteiger partial charge in [0.1, 0.15) is 0 Å². The molecule has 0 saturated carbocycles. The number of benzene rings is 1. The molecule has 7 nitrogen and oxygen atoms in total. The number of carbonyl (C=O) groups excluding carboxylic acids is 1. The van der Waals surface area contributed by atoms with E-state index in [0.29, 0.717) is 57.5 Å². The van der Waals surface area contributed by atoms with E-state index in [0.717, 1.165) is 29.7 Å². The molecule has 3 heterocycles. The number of nitrogens with zero attached hydrogens (tertiary/aromatic N) is 4. The SMILES string of the molecule is O=C(N1CCOCC1)N1CC(c2ccc(C(F)(F)F)cc2)CC(c2noc(C3=CC=CC3)n2)C1. The van der Waals surface area contributed by atoms with Crippen LogP contribution >= 0.6 is 0 Å². The van der Waals surface area contributed by atoms with E-state index in [2.05, 4.69) is 10.1 Å². The van der Waals surface area contributed by atoms with Crippen LogP contribution in [0.15, 0.2) is 47.0 Å². The third-order valence-electron chi connectivity index (χ3n) is 6.56. The monoisotopic (exact) mass is 474 g/mol. The summed E-state index contributed by atoms with van der Waals surface area (Å²) < 4.78 is 50.0. The van der Waals surface area contributed by atoms with Crippen LogP contribution < -0.4 is 0 Å². The summed E-state index contributed by atoms with van der Waals surface area (Å²) in [5, 5.41) is 4.19. The van der Waals surface area contributed by atoms with E-state index in [1.54, 1.807) is 9.80 Å². The van der Waals surface area contributed by atoms with Crippen LogP contribution in [0.1, 0.15) is 47.5 Å². The molecule has 3 aliphatic rings. The average Bonchev–Trinajstić information content (AvgIpc) is 3.56. The molecule has 5 rings (SSSR count). The van der Waals surface area contributed by atoms with Crippen LogP contribution in [0, 0.1) is 0 Å². The van der Waals surface area contributed by atoms with E-state index in [9.17, 15) is 18.0 Å². The molecule has 2 atom stereocenters. The summed E-state index contributed by atoms with van der Waals surface area (Å²) in [7, 11) is 0. The van der Waals surface area contributed by atoms with E-state index < -0.39 is 11.7 Å². The van der Waals surface area contributed by atoms with Crippen molar-refractivity contribution in [1.29, 1.82) is 0 Å². The fourth-order valence-corrected chi connectivity index (χ4v) is 4.72. The molecule has 2 unspecified atom stereocenters. The Balaban J connectivity index is 1.40. The predicted octanol–water partition coefficient (Wildman–Crippen LogP) is 4.46. The van der Waals surface area contributed by atoms with Crippen LogP contribution in [0.3, 0.4) is 0 Å². The summed E-state index contributed by atoms with van der Waals surface area (Å²) in [4.78, 5) is 21.4. The summed E-state index contributed by atoms with van der Waals surface area (Å²) >= 11 is 0. The van der Waals surface area contributed by atoms with Crippen LogP contribution in [0.2, 0.25) is 0 Å². The molecule has 2 fully saturated rings. The minimum absolute atomic E-state index is 0.101. The number of hydrogen-bond donors (Lipinski definition) is 0. The van der Waals surface area contributed by atoms with Gasteiger partial charge in [-0.2, -0.15) is 18.2 Å². The second-order valence-electron chi connectivity index (χ2n) is 8.82. The number of alkyl halides is 3. The number of morpholine rings is 1. The van der Waals surface area contributed by atoms with Crippen LogP contribution in [-0.4, -0.2) is 65.4 Å². The number of amides is 2. The first-order chi connectivity index (χ1) is 16.4. The highest BCUT2D eigenvalue weighted by Crippen LogP contribution is 2.37. The van der Waals surface area contributed by atoms with Crippen molar-refractivity contribution in [1.82, 2.24) is 19.9 Å². The highest BCUT2D eigenvalue weighted by Gasteiger charge is 2.37. The van der Waals surface area contributed by atoms with Crippen molar-refractivity contribution in [3.8, 4) is 0 Å². The summed E-state index contributed by atoms with van der Waals surface area (Å²) in [6, 6.07) is 5.10. The summed E-state index contributed by atoms with van der Waals surface area (Å²) in [6.07, 6.45) is 2.80. The fraction of sp³-hybridized carbons (Fsp3) is 0.458. The van der Waals surface area contributed by atoms with E-state index >= 15 is 0 Å². The molecule has 2 saturated heterocycles. The van der Waals surface area contributed by atoms with Gasteiger partial charge in [-0.15, -0.1) is 0 Å². The highest BCUT2D eigenvalue weighted by molar-refractivity contribution is 5.75. The standard InChI is InChI=1S/C24H25F3N4O3/c25-24(26,27)20-7-5-16(6-8-20)18-13-19(21-28-22(34-29-21)17-3-1-2-4-17)15-31(14-18)23(32)30-9-11-33-12-10-30/h1-3,5-8,18-19H,4,9-15H2. The lowest BCUT2D eigenvalue weighted by molar-refractivity contribution is -0.137. The second-order valence-corrected chi connectivity index (χ2v) is 8.82. The van der Waals surface area contributed by atoms with E-state index in [4.69, 9.17) is 9.26 Å². The van der Waals surface area contributed by atoms with Crippen molar-refractivity contribution >= 4 is 11.6 Å². The van der Waals surface area contributed by atoms with Gasteiger partial charge in [-0.05, 0) is 30.5 Å². The van der Waals surface area contributed by atoms with Crippen LogP contribution in [-0.2, 0) is 10.9 Å². The normalized spacial score (nSPS) is 23.3. The number of likely N-dealkylation sites (tertiary alicyclic amines) is 1. The molecule has 0 bridgehead atoms. The van der Waals surface area contributed by atoms with Gasteiger partial charge in [0, 0.05) is 43.6 Å². The predicted molar refractivity (Wildman–Crippen MR) is 117 cm³/mol. The maximum absolute atomic E-state index is 13.3. The molecule has 1 aromatic heterocycles. The van der Waals surface area contributed by atoms with Crippen molar-refractivity contribution in [2.24, 2.45) is 0 Å². The van der Waals surface area contributed by atoms with Crippen molar-refractivity contribution in [3.05, 3.63) is 65.3 Å². The van der Waals surface area contributed by atoms with Gasteiger partial charge in [-0.25, -0.2) is 4.79 Å². The fourth-order valence-electron chi connectivity index (χ4n) is 4.72. The average molecular weight is 474 g/mol. The third kappa shape index (κ3) is 4.72. The molecular weight excluding hydrogens is 449 g/mol. The Labute approximate surface area is 194 Å². The molecule has 1 aliphatic carbocycles. The first-order valence-corrected chi connectivity index (χ1v) is 11.4. The van der Waals surface area contributed by atoms with Crippen molar-refractivity contribution < 1.29 is 27.2 Å². The van der Waals surface area contributed by atoms with Crippen molar-refractivity contribution in [2.75, 3.05) is 39.4 Å². The molecule has 0 spiro atoms. The quantitative estimate of drug-likeness (QED) is 0.657. The van der Waals surface area contributed by atoms with Gasteiger partial charge in [0.2, 0.25) is 0 Å². The smallest absolute Gasteiger partial charge is 0.378 e. The molecule has 2 amide bonds. The molecule has 2 aromatic rings. The molecule has 2 aliphatic heterocycles. The zero-order valence-electron chi connectivity index (χ0n) is 18.5.